The van der Waals surface area contributed by atoms with Crippen LogP contribution in [0.15, 0.2) is 54.0 Å². The van der Waals surface area contributed by atoms with Gasteiger partial charge in [0.2, 0.25) is 5.91 Å². The van der Waals surface area contributed by atoms with Crippen molar-refractivity contribution in [2.75, 3.05) is 11.9 Å². The molecule has 3 aromatic heterocycles. The fourth-order valence-corrected chi connectivity index (χ4v) is 5.00. The Bertz CT molecular complexity index is 1560. The van der Waals surface area contributed by atoms with Crippen molar-refractivity contribution in [2.45, 2.75) is 32.1 Å². The molecule has 0 radical (unpaired) electrons. The predicted octanol–water partition coefficient (Wildman–Crippen LogP) is 4.07. The number of benzene rings is 1. The van der Waals surface area contributed by atoms with Gasteiger partial charge in [-0.05, 0) is 68.1 Å². The number of carbonyl (C=O) groups excluding carboxylic acids is 2. The van der Waals surface area contributed by atoms with E-state index in [4.69, 9.17) is 0 Å². The number of nitrogens with zero attached hydrogens (tertiary/aromatic N) is 5. The van der Waals surface area contributed by atoms with E-state index in [1.807, 2.05) is 43.5 Å². The number of hydrogen-bond donors (Lipinski definition) is 2. The van der Waals surface area contributed by atoms with Gasteiger partial charge >= 0.3 is 0 Å². The number of anilines is 1. The van der Waals surface area contributed by atoms with E-state index >= 15 is 0 Å². The second kappa shape index (κ2) is 9.87. The van der Waals surface area contributed by atoms with E-state index in [1.165, 1.54) is 11.3 Å². The lowest BCUT2D eigenvalue weighted by Crippen LogP contribution is -2.33. The van der Waals surface area contributed by atoms with Crippen LogP contribution in [0.1, 0.15) is 40.7 Å². The maximum atomic E-state index is 12.7. The Morgan fingerprint density at radius 1 is 1.08 bits per heavy atom. The van der Waals surface area contributed by atoms with Crippen LogP contribution in [-0.2, 0) is 16.6 Å². The number of nitrogens with one attached hydrogen (secondary N) is 2. The second-order valence-electron chi connectivity index (χ2n) is 8.98. The van der Waals surface area contributed by atoms with Crippen molar-refractivity contribution >= 4 is 28.3 Å². The highest BCUT2D eigenvalue weighted by Crippen LogP contribution is 2.38. The molecule has 0 bridgehead atoms. The van der Waals surface area contributed by atoms with Gasteiger partial charge in [-0.2, -0.15) is 5.26 Å². The monoisotopic (exact) mass is 509 g/mol. The summed E-state index contributed by atoms with van der Waals surface area (Å²) in [4.78, 5) is 42.8. The molecule has 2 amide bonds. The SMILES string of the molecule is Cc1nccc(-c2cccc(-c3csc(NC(=O)CNC(=O)c4ccc5c(c4)[C@](C)(C#N)CC5)n3)n2)n1. The normalized spacial score (nSPS) is 16.0. The second-order valence-corrected chi connectivity index (χ2v) is 9.84. The number of aryl methyl sites for hydroxylation is 2. The van der Waals surface area contributed by atoms with Gasteiger partial charge in [0.1, 0.15) is 11.5 Å². The van der Waals surface area contributed by atoms with Gasteiger partial charge in [-0.3, -0.25) is 9.59 Å². The van der Waals surface area contributed by atoms with Gasteiger partial charge in [0.05, 0.1) is 35.1 Å². The molecule has 0 saturated carbocycles. The Labute approximate surface area is 217 Å². The summed E-state index contributed by atoms with van der Waals surface area (Å²) in [5, 5.41) is 17.1. The molecule has 1 atom stereocenters. The lowest BCUT2D eigenvalue weighted by atomic mass is 9.85. The van der Waals surface area contributed by atoms with Crippen molar-refractivity contribution < 1.29 is 9.59 Å². The number of aromatic nitrogens is 4. The van der Waals surface area contributed by atoms with Crippen molar-refractivity contribution in [1.29, 1.82) is 5.26 Å². The topological polar surface area (TPSA) is 134 Å². The summed E-state index contributed by atoms with van der Waals surface area (Å²) in [5.41, 5.74) is 4.50. The minimum atomic E-state index is -0.590. The van der Waals surface area contributed by atoms with E-state index in [1.54, 1.807) is 24.4 Å². The molecule has 0 aliphatic heterocycles. The number of fused-ring (bicyclic) bond motifs is 1. The summed E-state index contributed by atoms with van der Waals surface area (Å²) < 4.78 is 0. The molecule has 4 aromatic rings. The molecule has 1 aromatic carbocycles. The fraction of sp³-hybridized carbons (Fsp3) is 0.222. The summed E-state index contributed by atoms with van der Waals surface area (Å²) in [6, 6.07) is 15.1. The maximum Gasteiger partial charge on any atom is 0.251 e. The third-order valence-corrected chi connectivity index (χ3v) is 7.08. The summed E-state index contributed by atoms with van der Waals surface area (Å²) in [6.45, 7) is 3.50. The van der Waals surface area contributed by atoms with E-state index in [2.05, 4.69) is 36.6 Å². The molecular weight excluding hydrogens is 486 g/mol. The average Bonchev–Trinajstić information content (AvgIpc) is 3.52. The number of nitriles is 1. The first-order valence-corrected chi connectivity index (χ1v) is 12.6. The van der Waals surface area contributed by atoms with Gasteiger partial charge in [0.25, 0.3) is 5.91 Å². The number of pyridine rings is 1. The number of rotatable bonds is 6. The number of carbonyl (C=O) groups is 2. The Kier molecular flexibility index (Phi) is 6.46. The van der Waals surface area contributed by atoms with Crippen molar-refractivity contribution in [3.8, 4) is 28.8 Å². The number of thiazole rings is 1. The molecule has 2 N–H and O–H groups in total. The van der Waals surface area contributed by atoms with Crippen molar-refractivity contribution in [3.05, 3.63) is 76.6 Å². The molecular formula is C27H23N7O2S. The molecule has 0 unspecified atom stereocenters. The van der Waals surface area contributed by atoms with Gasteiger partial charge in [-0.1, -0.05) is 12.1 Å². The van der Waals surface area contributed by atoms with E-state index in [0.717, 1.165) is 29.7 Å². The first-order valence-electron chi connectivity index (χ1n) is 11.7. The van der Waals surface area contributed by atoms with Crippen LogP contribution < -0.4 is 10.6 Å². The van der Waals surface area contributed by atoms with Gasteiger partial charge in [0, 0.05) is 17.1 Å². The molecule has 184 valence electrons. The highest BCUT2D eigenvalue weighted by molar-refractivity contribution is 7.14. The molecule has 0 spiro atoms. The van der Waals surface area contributed by atoms with Crippen LogP contribution in [0.2, 0.25) is 0 Å². The quantitative estimate of drug-likeness (QED) is 0.400. The third-order valence-electron chi connectivity index (χ3n) is 6.32. The molecule has 5 rings (SSSR count). The lowest BCUT2D eigenvalue weighted by Gasteiger charge is -2.16. The van der Waals surface area contributed by atoms with Gasteiger partial charge < -0.3 is 10.6 Å². The molecule has 9 nitrogen and oxygen atoms in total. The van der Waals surface area contributed by atoms with Crippen LogP contribution in [0.5, 0.6) is 0 Å². The van der Waals surface area contributed by atoms with Crippen LogP contribution in [0, 0.1) is 18.3 Å². The first kappa shape index (κ1) is 24.2. The smallest absolute Gasteiger partial charge is 0.251 e. The van der Waals surface area contributed by atoms with E-state index in [-0.39, 0.29) is 12.5 Å². The van der Waals surface area contributed by atoms with E-state index in [0.29, 0.717) is 33.6 Å². The number of amides is 2. The highest BCUT2D eigenvalue weighted by Gasteiger charge is 2.34. The summed E-state index contributed by atoms with van der Waals surface area (Å²) in [6.07, 6.45) is 3.25. The minimum Gasteiger partial charge on any atom is -0.343 e. The molecule has 1 aliphatic rings. The van der Waals surface area contributed by atoms with Crippen LogP contribution >= 0.6 is 11.3 Å². The lowest BCUT2D eigenvalue weighted by molar-refractivity contribution is -0.115. The molecule has 3 heterocycles. The standard InChI is InChI=1S/C27H23N7O2S/c1-16-29-11-9-22(31-16)20-4-3-5-21(32-20)23-14-37-26(33-23)34-24(35)13-30-25(36)18-7-6-17-8-10-27(2,15-28)19(17)12-18/h3-7,9,11-12,14H,8,10,13H2,1-2H3,(H,30,36)(H,33,34,35)/t27-/m0/s1. The van der Waals surface area contributed by atoms with Crippen LogP contribution in [-0.4, -0.2) is 38.3 Å². The average molecular weight is 510 g/mol. The first-order chi connectivity index (χ1) is 17.8. The van der Waals surface area contributed by atoms with Crippen LogP contribution in [0.4, 0.5) is 5.13 Å². The van der Waals surface area contributed by atoms with Gasteiger partial charge in [-0.15, -0.1) is 11.3 Å². The zero-order valence-electron chi connectivity index (χ0n) is 20.3. The van der Waals surface area contributed by atoms with Crippen molar-refractivity contribution in [3.63, 3.8) is 0 Å². The summed E-state index contributed by atoms with van der Waals surface area (Å²) in [5.74, 6) is -0.103. The summed E-state index contributed by atoms with van der Waals surface area (Å²) >= 11 is 1.27. The van der Waals surface area contributed by atoms with Crippen molar-refractivity contribution in [1.82, 2.24) is 25.3 Å². The van der Waals surface area contributed by atoms with Crippen molar-refractivity contribution in [2.24, 2.45) is 0 Å². The van der Waals surface area contributed by atoms with Gasteiger partial charge in [0.15, 0.2) is 5.13 Å². The largest absolute Gasteiger partial charge is 0.343 e. The third kappa shape index (κ3) is 5.08. The summed E-state index contributed by atoms with van der Waals surface area (Å²) in [7, 11) is 0. The molecule has 1 aliphatic carbocycles. The van der Waals surface area contributed by atoms with E-state index in [9.17, 15) is 14.9 Å². The van der Waals surface area contributed by atoms with E-state index < -0.39 is 11.3 Å². The Morgan fingerprint density at radius 2 is 1.86 bits per heavy atom. The van der Waals surface area contributed by atoms with Crippen LogP contribution in [0.25, 0.3) is 22.8 Å². The number of hydrogen-bond acceptors (Lipinski definition) is 8. The predicted molar refractivity (Wildman–Crippen MR) is 140 cm³/mol. The Morgan fingerprint density at radius 3 is 2.65 bits per heavy atom. The highest BCUT2D eigenvalue weighted by atomic mass is 32.1. The van der Waals surface area contributed by atoms with Gasteiger partial charge in [-0.25, -0.2) is 19.9 Å². The Balaban J connectivity index is 1.21. The minimum absolute atomic E-state index is 0.207. The zero-order chi connectivity index (χ0) is 26.0. The Hall–Kier alpha value is -4.49. The van der Waals surface area contributed by atoms with Crippen LogP contribution in [0.3, 0.4) is 0 Å². The molecule has 10 heteroatoms. The molecule has 0 saturated heterocycles. The molecule has 37 heavy (non-hydrogen) atoms. The zero-order valence-corrected chi connectivity index (χ0v) is 21.1. The fourth-order valence-electron chi connectivity index (χ4n) is 4.28. The molecule has 0 fully saturated rings. The maximum absolute atomic E-state index is 12.7.